The van der Waals surface area contributed by atoms with E-state index in [4.69, 9.17) is 9.84 Å². The van der Waals surface area contributed by atoms with Crippen LogP contribution in [0.25, 0.3) is 0 Å². The molecule has 22 heavy (non-hydrogen) atoms. The number of quaternary nitrogens is 1. The van der Waals surface area contributed by atoms with Crippen LogP contribution in [0.1, 0.15) is 19.3 Å². The van der Waals surface area contributed by atoms with E-state index in [-0.39, 0.29) is 19.3 Å². The minimum atomic E-state index is -1.27. The van der Waals surface area contributed by atoms with Crippen LogP contribution in [-0.2, 0) is 19.1 Å². The van der Waals surface area contributed by atoms with Gasteiger partial charge in [0.25, 0.3) is 0 Å². The van der Waals surface area contributed by atoms with E-state index in [9.17, 15) is 19.5 Å². The third kappa shape index (κ3) is 12.9. The quantitative estimate of drug-likeness (QED) is 0.338. The average molecular weight is 313 g/mol. The Hall–Kier alpha value is -2.15. The summed E-state index contributed by atoms with van der Waals surface area (Å²) >= 11 is 0. The lowest BCUT2D eigenvalue weighted by atomic mass is 10.2. The Bertz CT molecular complexity index is 447. The van der Waals surface area contributed by atoms with Crippen LogP contribution in [0.15, 0.2) is 24.3 Å². The Morgan fingerprint density at radius 2 is 1.68 bits per heavy atom. The second-order valence-electron chi connectivity index (χ2n) is 5.82. The lowest BCUT2D eigenvalue weighted by Gasteiger charge is -2.29. The molecule has 0 aromatic rings. The van der Waals surface area contributed by atoms with Gasteiger partial charge in [0.15, 0.2) is 6.10 Å². The number of allylic oxidation sites excluding steroid dienone is 2. The number of hydrogen-bond acceptors (Lipinski definition) is 5. The number of carbonyl (C=O) groups is 3. The summed E-state index contributed by atoms with van der Waals surface area (Å²) in [5.74, 6) is -2.74. The lowest BCUT2D eigenvalue weighted by molar-refractivity contribution is -0.873. The van der Waals surface area contributed by atoms with Crippen molar-refractivity contribution in [2.75, 3.05) is 27.7 Å². The van der Waals surface area contributed by atoms with Gasteiger partial charge in [0, 0.05) is 12.4 Å². The third-order valence-corrected chi connectivity index (χ3v) is 2.40. The van der Waals surface area contributed by atoms with Crippen molar-refractivity contribution in [3.05, 3.63) is 24.3 Å². The van der Waals surface area contributed by atoms with Crippen molar-refractivity contribution in [3.8, 4) is 0 Å². The summed E-state index contributed by atoms with van der Waals surface area (Å²) in [6.07, 6.45) is 4.83. The summed E-state index contributed by atoms with van der Waals surface area (Å²) < 4.78 is 5.59. The minimum absolute atomic E-state index is 0.0158. The van der Waals surface area contributed by atoms with Gasteiger partial charge in [-0.1, -0.05) is 24.3 Å². The van der Waals surface area contributed by atoms with Crippen LogP contribution in [0.3, 0.4) is 0 Å². The predicted octanol–water partition coefficient (Wildman–Crippen LogP) is -0.278. The van der Waals surface area contributed by atoms with Crippen molar-refractivity contribution in [2.24, 2.45) is 0 Å². The standard InChI is InChI=1S/C15H23NO6/c1-16(2,3)11-12(10-14(19)20)22-15(21)9-7-5-4-6-8-13(17)18/h4-7,12H,8-11H2,1-3H3,(H-,17,18,19,20)/b6-4+,7-5+. The second-order valence-corrected chi connectivity index (χ2v) is 5.82. The van der Waals surface area contributed by atoms with Crippen LogP contribution in [0.5, 0.6) is 0 Å². The first-order chi connectivity index (χ1) is 10.1. The number of hydrogen-bond donors (Lipinski definition) is 1. The van der Waals surface area contributed by atoms with Crippen LogP contribution >= 0.6 is 0 Å². The van der Waals surface area contributed by atoms with E-state index in [1.54, 1.807) is 0 Å². The molecule has 0 saturated heterocycles. The fourth-order valence-electron chi connectivity index (χ4n) is 1.66. The first-order valence-corrected chi connectivity index (χ1v) is 6.83. The average Bonchev–Trinajstić information content (AvgIpc) is 2.29. The van der Waals surface area contributed by atoms with E-state index < -0.39 is 24.0 Å². The third-order valence-electron chi connectivity index (χ3n) is 2.40. The fraction of sp³-hybridized carbons (Fsp3) is 0.533. The monoisotopic (exact) mass is 313 g/mol. The van der Waals surface area contributed by atoms with E-state index in [0.717, 1.165) is 0 Å². The smallest absolute Gasteiger partial charge is 0.310 e. The molecule has 1 N–H and O–H groups in total. The lowest BCUT2D eigenvalue weighted by Crippen LogP contribution is -2.45. The molecule has 0 radical (unpaired) electrons. The van der Waals surface area contributed by atoms with E-state index in [1.807, 2.05) is 21.1 Å². The molecule has 0 rings (SSSR count). The molecule has 0 amide bonds. The zero-order valence-electron chi connectivity index (χ0n) is 13.2. The molecule has 0 heterocycles. The Labute approximate surface area is 130 Å². The van der Waals surface area contributed by atoms with Crippen LogP contribution < -0.4 is 5.11 Å². The van der Waals surface area contributed by atoms with E-state index in [2.05, 4.69) is 0 Å². The minimum Gasteiger partial charge on any atom is -0.550 e. The van der Waals surface area contributed by atoms with Gasteiger partial charge >= 0.3 is 11.9 Å². The number of carboxylic acid groups (broad SMARTS) is 2. The molecular formula is C15H23NO6. The molecule has 0 spiro atoms. The van der Waals surface area contributed by atoms with E-state index in [0.29, 0.717) is 11.0 Å². The summed E-state index contributed by atoms with van der Waals surface area (Å²) in [5, 5.41) is 19.1. The number of rotatable bonds is 10. The SMILES string of the molecule is C[N+](C)(C)CC(CC(=O)[O-])OC(=O)C/C=C/C=C/CC(=O)O. The molecule has 124 valence electrons. The van der Waals surface area contributed by atoms with Gasteiger partial charge in [0.05, 0.1) is 34.0 Å². The Morgan fingerprint density at radius 3 is 2.14 bits per heavy atom. The molecular weight excluding hydrogens is 290 g/mol. The molecule has 0 aromatic carbocycles. The van der Waals surface area contributed by atoms with Gasteiger partial charge in [0.2, 0.25) is 0 Å². The number of aliphatic carboxylic acids is 2. The molecule has 7 heteroatoms. The summed E-state index contributed by atoms with van der Waals surface area (Å²) in [7, 11) is 5.59. The molecule has 0 saturated carbocycles. The van der Waals surface area contributed by atoms with Gasteiger partial charge in [0.1, 0.15) is 6.54 Å². The highest BCUT2D eigenvalue weighted by Gasteiger charge is 2.21. The van der Waals surface area contributed by atoms with Crippen molar-refractivity contribution in [1.82, 2.24) is 0 Å². The predicted molar refractivity (Wildman–Crippen MR) is 77.6 cm³/mol. The fourth-order valence-corrected chi connectivity index (χ4v) is 1.66. The van der Waals surface area contributed by atoms with E-state index in [1.165, 1.54) is 24.3 Å². The van der Waals surface area contributed by atoms with Crippen molar-refractivity contribution >= 4 is 17.9 Å². The van der Waals surface area contributed by atoms with Crippen molar-refractivity contribution < 1.29 is 33.8 Å². The van der Waals surface area contributed by atoms with Crippen molar-refractivity contribution in [2.45, 2.75) is 25.4 Å². The number of carbonyl (C=O) groups excluding carboxylic acids is 2. The molecule has 7 nitrogen and oxygen atoms in total. The molecule has 0 bridgehead atoms. The molecule has 0 aliphatic heterocycles. The van der Waals surface area contributed by atoms with Gasteiger partial charge in [-0.3, -0.25) is 9.59 Å². The summed E-state index contributed by atoms with van der Waals surface area (Å²) in [5.41, 5.74) is 0. The number of esters is 1. The topological polar surface area (TPSA) is 104 Å². The number of carboxylic acids is 2. The van der Waals surface area contributed by atoms with Crippen LogP contribution in [0, 0.1) is 0 Å². The molecule has 1 unspecified atom stereocenters. The summed E-state index contributed by atoms with van der Waals surface area (Å²) in [6, 6.07) is 0. The molecule has 0 aliphatic carbocycles. The largest absolute Gasteiger partial charge is 0.550 e. The molecule has 0 aromatic heterocycles. The van der Waals surface area contributed by atoms with Gasteiger partial charge < -0.3 is 24.2 Å². The number of ether oxygens (including phenoxy) is 1. The number of likely N-dealkylation sites (N-methyl/N-ethyl adjacent to an activating group) is 1. The first kappa shape index (κ1) is 19.9. The van der Waals surface area contributed by atoms with Crippen LogP contribution in [-0.4, -0.2) is 61.3 Å². The maximum Gasteiger partial charge on any atom is 0.310 e. The Morgan fingerprint density at radius 1 is 1.14 bits per heavy atom. The Balaban J connectivity index is 4.33. The van der Waals surface area contributed by atoms with Crippen molar-refractivity contribution in [1.29, 1.82) is 0 Å². The second kappa shape index (κ2) is 9.73. The zero-order valence-corrected chi connectivity index (χ0v) is 13.2. The first-order valence-electron chi connectivity index (χ1n) is 6.83. The maximum atomic E-state index is 11.6. The van der Waals surface area contributed by atoms with Gasteiger partial charge in [-0.15, -0.1) is 0 Å². The van der Waals surface area contributed by atoms with Gasteiger partial charge in [-0.25, -0.2) is 0 Å². The highest BCUT2D eigenvalue weighted by atomic mass is 16.5. The molecule has 0 aliphatic rings. The molecule has 1 atom stereocenters. The maximum absolute atomic E-state index is 11.6. The Kier molecular flexibility index (Phi) is 8.78. The highest BCUT2D eigenvalue weighted by Crippen LogP contribution is 2.06. The number of nitrogens with zero attached hydrogens (tertiary/aromatic N) is 1. The zero-order chi connectivity index (χ0) is 17.2. The molecule has 0 fully saturated rings. The van der Waals surface area contributed by atoms with Crippen molar-refractivity contribution in [3.63, 3.8) is 0 Å². The highest BCUT2D eigenvalue weighted by molar-refractivity contribution is 5.72. The summed E-state index contributed by atoms with van der Waals surface area (Å²) in [4.78, 5) is 32.6. The van der Waals surface area contributed by atoms with E-state index >= 15 is 0 Å². The van der Waals surface area contributed by atoms with Gasteiger partial charge in [-0.05, 0) is 0 Å². The summed E-state index contributed by atoms with van der Waals surface area (Å²) in [6.45, 7) is 0.363. The normalized spacial score (nSPS) is 13.4. The van der Waals surface area contributed by atoms with Crippen LogP contribution in [0.4, 0.5) is 0 Å². The van der Waals surface area contributed by atoms with Crippen LogP contribution in [0.2, 0.25) is 0 Å². The van der Waals surface area contributed by atoms with Gasteiger partial charge in [-0.2, -0.15) is 0 Å².